The fourth-order valence-electron chi connectivity index (χ4n) is 3.06. The van der Waals surface area contributed by atoms with Crippen molar-refractivity contribution >= 4 is 16.8 Å². The molecule has 0 aliphatic carbocycles. The standard InChI is InChI=1S/C21H23FN2O/c1-21(2,18-13-23-19-10-9-16(22)12-17(18)19)14-24-20(25)11-8-15-6-4-3-5-7-15/h3-7,9-10,12-13,23H,8,11,14H2,1-2H3,(H,24,25). The molecule has 25 heavy (non-hydrogen) atoms. The normalized spacial score (nSPS) is 11.6. The summed E-state index contributed by atoms with van der Waals surface area (Å²) in [6.45, 7) is 4.61. The number of halogens is 1. The Morgan fingerprint density at radius 3 is 2.68 bits per heavy atom. The molecule has 1 aromatic heterocycles. The first-order valence-electron chi connectivity index (χ1n) is 8.53. The molecule has 0 radical (unpaired) electrons. The minimum Gasteiger partial charge on any atom is -0.361 e. The molecule has 3 aromatic rings. The zero-order chi connectivity index (χ0) is 17.9. The Bertz CT molecular complexity index is 868. The summed E-state index contributed by atoms with van der Waals surface area (Å²) < 4.78 is 13.6. The Balaban J connectivity index is 1.62. The molecule has 0 aliphatic heterocycles. The lowest BCUT2D eigenvalue weighted by molar-refractivity contribution is -0.121. The van der Waals surface area contributed by atoms with Gasteiger partial charge in [0.1, 0.15) is 5.82 Å². The molecule has 3 rings (SSSR count). The van der Waals surface area contributed by atoms with E-state index < -0.39 is 0 Å². The van der Waals surface area contributed by atoms with E-state index >= 15 is 0 Å². The molecule has 1 heterocycles. The van der Waals surface area contributed by atoms with Crippen LogP contribution in [0.2, 0.25) is 0 Å². The number of nitrogens with one attached hydrogen (secondary N) is 2. The van der Waals surface area contributed by atoms with Crippen LogP contribution in [0.5, 0.6) is 0 Å². The predicted molar refractivity (Wildman–Crippen MR) is 99.1 cm³/mol. The molecule has 1 amide bonds. The average molecular weight is 338 g/mol. The highest BCUT2D eigenvalue weighted by molar-refractivity contribution is 5.84. The van der Waals surface area contributed by atoms with Crippen LogP contribution in [0.25, 0.3) is 10.9 Å². The Hall–Kier alpha value is -2.62. The van der Waals surface area contributed by atoms with Crippen LogP contribution in [0, 0.1) is 5.82 Å². The minimum atomic E-state index is -0.297. The number of fused-ring (bicyclic) bond motifs is 1. The summed E-state index contributed by atoms with van der Waals surface area (Å²) >= 11 is 0. The number of benzene rings is 2. The maximum atomic E-state index is 13.6. The molecule has 2 N–H and O–H groups in total. The number of H-pyrrole nitrogens is 1. The molecular weight excluding hydrogens is 315 g/mol. The molecule has 0 fully saturated rings. The SMILES string of the molecule is CC(C)(CNC(=O)CCc1ccccc1)c1c[nH]c2ccc(F)cc12. The molecule has 0 bridgehead atoms. The van der Waals surface area contributed by atoms with Crippen LogP contribution in [0.3, 0.4) is 0 Å². The third-order valence-electron chi connectivity index (χ3n) is 4.58. The topological polar surface area (TPSA) is 44.9 Å². The van der Waals surface area contributed by atoms with Gasteiger partial charge in [-0.25, -0.2) is 4.39 Å². The number of aromatic nitrogens is 1. The Labute approximate surface area is 147 Å². The molecule has 0 spiro atoms. The number of aromatic amines is 1. The van der Waals surface area contributed by atoms with Gasteiger partial charge in [-0.05, 0) is 35.7 Å². The zero-order valence-electron chi connectivity index (χ0n) is 14.6. The van der Waals surface area contributed by atoms with Crippen molar-refractivity contribution in [1.82, 2.24) is 10.3 Å². The maximum Gasteiger partial charge on any atom is 0.220 e. The largest absolute Gasteiger partial charge is 0.361 e. The number of carbonyl (C=O) groups excluding carboxylic acids is 1. The van der Waals surface area contributed by atoms with Gasteiger partial charge in [0.05, 0.1) is 0 Å². The molecule has 0 aliphatic rings. The van der Waals surface area contributed by atoms with E-state index in [1.54, 1.807) is 12.1 Å². The molecule has 3 nitrogen and oxygen atoms in total. The minimum absolute atomic E-state index is 0.0305. The van der Waals surface area contributed by atoms with Gasteiger partial charge in [0.2, 0.25) is 5.91 Å². The molecule has 0 saturated heterocycles. The van der Waals surface area contributed by atoms with Gasteiger partial charge in [-0.2, -0.15) is 0 Å². The van der Waals surface area contributed by atoms with Crippen LogP contribution in [-0.4, -0.2) is 17.4 Å². The highest BCUT2D eigenvalue weighted by Crippen LogP contribution is 2.30. The van der Waals surface area contributed by atoms with Gasteiger partial charge >= 0.3 is 0 Å². The van der Waals surface area contributed by atoms with E-state index in [9.17, 15) is 9.18 Å². The number of carbonyl (C=O) groups is 1. The first-order chi connectivity index (χ1) is 12.0. The average Bonchev–Trinajstić information content (AvgIpc) is 3.03. The van der Waals surface area contributed by atoms with E-state index in [1.807, 2.05) is 36.5 Å². The van der Waals surface area contributed by atoms with Crippen molar-refractivity contribution in [3.63, 3.8) is 0 Å². The highest BCUT2D eigenvalue weighted by Gasteiger charge is 2.24. The molecule has 0 unspecified atom stereocenters. The van der Waals surface area contributed by atoms with Crippen molar-refractivity contribution in [1.29, 1.82) is 0 Å². The first-order valence-corrected chi connectivity index (χ1v) is 8.53. The van der Waals surface area contributed by atoms with E-state index in [1.165, 1.54) is 6.07 Å². The number of hydrogen-bond donors (Lipinski definition) is 2. The van der Waals surface area contributed by atoms with E-state index in [4.69, 9.17) is 0 Å². The Morgan fingerprint density at radius 2 is 1.92 bits per heavy atom. The van der Waals surface area contributed by atoms with E-state index in [0.717, 1.165) is 28.5 Å². The number of rotatable bonds is 6. The summed E-state index contributed by atoms with van der Waals surface area (Å²) in [5, 5.41) is 3.88. The van der Waals surface area contributed by atoms with Crippen LogP contribution in [0.4, 0.5) is 4.39 Å². The number of hydrogen-bond acceptors (Lipinski definition) is 1. The fourth-order valence-corrected chi connectivity index (χ4v) is 3.06. The predicted octanol–water partition coefficient (Wildman–Crippen LogP) is 4.33. The first kappa shape index (κ1) is 17.2. The molecular formula is C21H23FN2O. The zero-order valence-corrected chi connectivity index (χ0v) is 14.6. The molecule has 0 saturated carbocycles. The van der Waals surface area contributed by atoms with Gasteiger partial charge in [0.25, 0.3) is 0 Å². The summed E-state index contributed by atoms with van der Waals surface area (Å²) in [7, 11) is 0. The van der Waals surface area contributed by atoms with Crippen molar-refractivity contribution in [3.05, 3.63) is 71.7 Å². The van der Waals surface area contributed by atoms with Gasteiger partial charge in [-0.15, -0.1) is 0 Å². The number of amides is 1. The summed E-state index contributed by atoms with van der Waals surface area (Å²) in [4.78, 5) is 15.3. The third-order valence-corrected chi connectivity index (χ3v) is 4.58. The third kappa shape index (κ3) is 4.08. The number of aryl methyl sites for hydroxylation is 1. The van der Waals surface area contributed by atoms with Crippen LogP contribution in [0.15, 0.2) is 54.7 Å². The van der Waals surface area contributed by atoms with Gasteiger partial charge in [-0.1, -0.05) is 44.2 Å². The van der Waals surface area contributed by atoms with Gasteiger partial charge in [0.15, 0.2) is 0 Å². The summed E-state index contributed by atoms with van der Waals surface area (Å²) in [6.07, 6.45) is 3.09. The lowest BCUT2D eigenvalue weighted by Crippen LogP contribution is -2.36. The smallest absolute Gasteiger partial charge is 0.220 e. The monoisotopic (exact) mass is 338 g/mol. The van der Waals surface area contributed by atoms with Crippen LogP contribution in [0.1, 0.15) is 31.4 Å². The Kier molecular flexibility index (Phi) is 4.88. The van der Waals surface area contributed by atoms with E-state index in [2.05, 4.69) is 24.1 Å². The molecule has 4 heteroatoms. The van der Waals surface area contributed by atoms with Gasteiger partial charge in [0, 0.05) is 35.5 Å². The van der Waals surface area contributed by atoms with Gasteiger partial charge < -0.3 is 10.3 Å². The lowest BCUT2D eigenvalue weighted by atomic mass is 9.84. The lowest BCUT2D eigenvalue weighted by Gasteiger charge is -2.25. The summed E-state index contributed by atoms with van der Waals surface area (Å²) in [5.74, 6) is -0.223. The van der Waals surface area contributed by atoms with Crippen molar-refractivity contribution < 1.29 is 9.18 Å². The van der Waals surface area contributed by atoms with E-state index in [0.29, 0.717) is 13.0 Å². The van der Waals surface area contributed by atoms with E-state index in [-0.39, 0.29) is 17.1 Å². The van der Waals surface area contributed by atoms with Crippen molar-refractivity contribution in [2.24, 2.45) is 0 Å². The summed E-state index contributed by atoms with van der Waals surface area (Å²) in [5.41, 5.74) is 2.77. The second kappa shape index (κ2) is 7.09. The molecule has 2 aromatic carbocycles. The maximum absolute atomic E-state index is 13.6. The highest BCUT2D eigenvalue weighted by atomic mass is 19.1. The van der Waals surface area contributed by atoms with Crippen LogP contribution >= 0.6 is 0 Å². The Morgan fingerprint density at radius 1 is 1.16 bits per heavy atom. The molecule has 130 valence electrons. The van der Waals surface area contributed by atoms with Crippen molar-refractivity contribution in [3.8, 4) is 0 Å². The van der Waals surface area contributed by atoms with Crippen LogP contribution in [-0.2, 0) is 16.6 Å². The van der Waals surface area contributed by atoms with Crippen molar-refractivity contribution in [2.75, 3.05) is 6.54 Å². The summed E-state index contributed by atoms with van der Waals surface area (Å²) in [6, 6.07) is 14.7. The van der Waals surface area contributed by atoms with Crippen LogP contribution < -0.4 is 5.32 Å². The van der Waals surface area contributed by atoms with Crippen molar-refractivity contribution in [2.45, 2.75) is 32.1 Å². The quantitative estimate of drug-likeness (QED) is 0.690. The second-order valence-corrected chi connectivity index (χ2v) is 7.04. The fraction of sp³-hybridized carbons (Fsp3) is 0.286. The van der Waals surface area contributed by atoms with Gasteiger partial charge in [-0.3, -0.25) is 4.79 Å². The molecule has 0 atom stereocenters. The second-order valence-electron chi connectivity index (χ2n) is 7.04.